The number of hydrogen-bond donors (Lipinski definition) is 0. The van der Waals surface area contributed by atoms with Crippen molar-refractivity contribution >= 4 is 38.9 Å². The van der Waals surface area contributed by atoms with Crippen LogP contribution in [0.2, 0.25) is 0 Å². The van der Waals surface area contributed by atoms with Crippen molar-refractivity contribution in [2.45, 2.75) is 19.8 Å². The van der Waals surface area contributed by atoms with Gasteiger partial charge in [-0.05, 0) is 0 Å². The Morgan fingerprint density at radius 2 is 1.83 bits per heavy atom. The van der Waals surface area contributed by atoms with Gasteiger partial charge in [-0.15, -0.1) is 0 Å². The summed E-state index contributed by atoms with van der Waals surface area (Å²) in [6.45, 7) is 8.92. The molecule has 0 saturated carbocycles. The van der Waals surface area contributed by atoms with Gasteiger partial charge in [-0.3, -0.25) is 0 Å². The number of amides is 2. The van der Waals surface area contributed by atoms with Gasteiger partial charge in [0.05, 0.1) is 0 Å². The SMILES string of the molecule is B=NCCN(CCC)C(=O)CCSCCN(CC=C)C(=O)CN=B. The molecule has 6 nitrogen and oxygen atoms in total. The second-order valence-corrected chi connectivity index (χ2v) is 6.43. The van der Waals surface area contributed by atoms with E-state index in [-0.39, 0.29) is 18.4 Å². The normalized spacial score (nSPS) is 9.96. The minimum absolute atomic E-state index is 0.0485. The average molecular weight is 350 g/mol. The van der Waals surface area contributed by atoms with Crippen LogP contribution in [-0.2, 0) is 9.59 Å². The Balaban J connectivity index is 4.09. The van der Waals surface area contributed by atoms with Crippen LogP contribution in [0.15, 0.2) is 22.4 Å². The number of nitrogens with zero attached hydrogens (tertiary/aromatic N) is 4. The molecule has 0 aromatic carbocycles. The van der Waals surface area contributed by atoms with Gasteiger partial charge in [0, 0.05) is 0 Å². The maximum absolute atomic E-state index is 12.2. The Bertz CT molecular complexity index is 424. The zero-order chi connectivity index (χ0) is 18.2. The van der Waals surface area contributed by atoms with E-state index in [1.165, 1.54) is 0 Å². The number of rotatable bonds is 15. The van der Waals surface area contributed by atoms with Crippen LogP contribution in [0, 0.1) is 0 Å². The molecular formula is C15H28B2N4O2S. The Labute approximate surface area is 151 Å². The van der Waals surface area contributed by atoms with Gasteiger partial charge in [-0.2, -0.15) is 0 Å². The first-order valence-electron chi connectivity index (χ1n) is 8.19. The first-order valence-corrected chi connectivity index (χ1v) is 9.35. The summed E-state index contributed by atoms with van der Waals surface area (Å²) in [7, 11) is 6.80. The molecule has 24 heavy (non-hydrogen) atoms. The zero-order valence-electron chi connectivity index (χ0n) is 14.8. The van der Waals surface area contributed by atoms with E-state index in [9.17, 15) is 9.59 Å². The van der Waals surface area contributed by atoms with Gasteiger partial charge in [-0.1, -0.05) is 0 Å². The second-order valence-electron chi connectivity index (χ2n) is 5.20. The third kappa shape index (κ3) is 10.5. The summed E-state index contributed by atoms with van der Waals surface area (Å²) in [6, 6.07) is 0. The predicted molar refractivity (Wildman–Crippen MR) is 104 cm³/mol. The van der Waals surface area contributed by atoms with Gasteiger partial charge in [0.25, 0.3) is 0 Å². The summed E-state index contributed by atoms with van der Waals surface area (Å²) in [4.78, 5) is 35.0. The van der Waals surface area contributed by atoms with Crippen LogP contribution in [0.5, 0.6) is 0 Å². The van der Waals surface area contributed by atoms with E-state index >= 15 is 0 Å². The quantitative estimate of drug-likeness (QED) is 0.246. The second kappa shape index (κ2) is 15.3. The van der Waals surface area contributed by atoms with Crippen molar-refractivity contribution in [3.8, 4) is 0 Å². The third-order valence-corrected chi connectivity index (χ3v) is 4.25. The Hall–Kier alpha value is -1.24. The van der Waals surface area contributed by atoms with E-state index in [2.05, 4.69) is 38.6 Å². The van der Waals surface area contributed by atoms with Crippen LogP contribution in [0.4, 0.5) is 0 Å². The number of carbonyl (C=O) groups excluding carboxylic acids is 2. The van der Waals surface area contributed by atoms with E-state index in [1.54, 1.807) is 22.7 Å². The van der Waals surface area contributed by atoms with Crippen LogP contribution in [0.1, 0.15) is 19.8 Å². The van der Waals surface area contributed by atoms with Crippen molar-refractivity contribution < 1.29 is 9.59 Å². The third-order valence-electron chi connectivity index (χ3n) is 3.29. The van der Waals surface area contributed by atoms with E-state index in [0.29, 0.717) is 32.6 Å². The molecule has 0 aliphatic carbocycles. The van der Waals surface area contributed by atoms with Crippen LogP contribution >= 0.6 is 11.8 Å². The monoisotopic (exact) mass is 350 g/mol. The number of hydrogen-bond acceptors (Lipinski definition) is 5. The molecule has 0 N–H and O–H groups in total. The summed E-state index contributed by atoms with van der Waals surface area (Å²) in [5.41, 5.74) is 0. The standard InChI is InChI=1S/C15H28B2N4O2S/c1-3-7-20(9-6-18-16)14(22)5-11-24-12-10-21(8-4-2)15(23)13-19-17/h4,16-17H,2-3,5-13H2,1H3. The van der Waals surface area contributed by atoms with Gasteiger partial charge in [-0.25, -0.2) is 0 Å². The molecule has 132 valence electrons. The van der Waals surface area contributed by atoms with Gasteiger partial charge in [0.15, 0.2) is 0 Å². The summed E-state index contributed by atoms with van der Waals surface area (Å²) >= 11 is 1.67. The van der Waals surface area contributed by atoms with Gasteiger partial charge >= 0.3 is 151 Å². The topological polar surface area (TPSA) is 65.3 Å². The van der Waals surface area contributed by atoms with Gasteiger partial charge < -0.3 is 0 Å². The van der Waals surface area contributed by atoms with Crippen molar-refractivity contribution in [1.29, 1.82) is 0 Å². The fourth-order valence-corrected chi connectivity index (χ4v) is 2.96. The Morgan fingerprint density at radius 3 is 2.42 bits per heavy atom. The number of thioether (sulfide) groups is 1. The molecule has 0 aromatic heterocycles. The fourth-order valence-electron chi connectivity index (χ4n) is 2.09. The van der Waals surface area contributed by atoms with Crippen molar-refractivity contribution in [2.75, 3.05) is 50.8 Å². The molecule has 0 unspecified atom stereocenters. The summed E-state index contributed by atoms with van der Waals surface area (Å²) in [6.07, 6.45) is 3.14. The summed E-state index contributed by atoms with van der Waals surface area (Å²) in [5, 5.41) is 0. The van der Waals surface area contributed by atoms with Crippen molar-refractivity contribution in [3.05, 3.63) is 12.7 Å². The van der Waals surface area contributed by atoms with E-state index in [1.807, 2.05) is 4.90 Å². The molecule has 0 bridgehead atoms. The van der Waals surface area contributed by atoms with E-state index in [0.717, 1.165) is 24.5 Å². The maximum atomic E-state index is 12.2. The van der Waals surface area contributed by atoms with Gasteiger partial charge in [0.1, 0.15) is 0 Å². The summed E-state index contributed by atoms with van der Waals surface area (Å²) < 4.78 is 0. The molecule has 0 saturated heterocycles. The first-order chi connectivity index (χ1) is 11.6. The first kappa shape index (κ1) is 22.8. The fraction of sp³-hybridized carbons (Fsp3) is 0.733. The van der Waals surface area contributed by atoms with Crippen molar-refractivity contribution in [1.82, 2.24) is 9.80 Å². The molecule has 0 rings (SSSR count). The Morgan fingerprint density at radius 1 is 1.08 bits per heavy atom. The van der Waals surface area contributed by atoms with Crippen LogP contribution in [0.25, 0.3) is 0 Å². The van der Waals surface area contributed by atoms with Crippen LogP contribution < -0.4 is 0 Å². The average Bonchev–Trinajstić information content (AvgIpc) is 2.57. The molecule has 0 aromatic rings. The molecule has 0 radical (unpaired) electrons. The molecule has 0 spiro atoms. The predicted octanol–water partition coefficient (Wildman–Crippen LogP) is 0.532. The number of carbonyl (C=O) groups is 2. The van der Waals surface area contributed by atoms with Gasteiger partial charge in [0.2, 0.25) is 0 Å². The molecule has 9 heteroatoms. The van der Waals surface area contributed by atoms with Crippen molar-refractivity contribution in [2.24, 2.45) is 9.79 Å². The zero-order valence-corrected chi connectivity index (χ0v) is 15.6. The Kier molecular flexibility index (Phi) is 14.5. The minimum atomic E-state index is -0.0485. The molecule has 0 aliphatic rings. The molecule has 0 heterocycles. The summed E-state index contributed by atoms with van der Waals surface area (Å²) in [5.74, 6) is 1.64. The van der Waals surface area contributed by atoms with Crippen LogP contribution in [-0.4, -0.2) is 87.7 Å². The van der Waals surface area contributed by atoms with Crippen LogP contribution in [0.3, 0.4) is 0 Å². The van der Waals surface area contributed by atoms with Crippen molar-refractivity contribution in [3.63, 3.8) is 0 Å². The molecular weight excluding hydrogens is 322 g/mol. The molecule has 0 atom stereocenters. The molecule has 0 fully saturated rings. The molecule has 2 amide bonds. The van der Waals surface area contributed by atoms with E-state index in [4.69, 9.17) is 0 Å². The van der Waals surface area contributed by atoms with E-state index < -0.39 is 0 Å². The molecule has 0 aliphatic heterocycles.